The van der Waals surface area contributed by atoms with E-state index in [1.165, 1.54) is 0 Å². The maximum atomic E-state index is 5.58. The summed E-state index contributed by atoms with van der Waals surface area (Å²) in [4.78, 5) is 6.46. The Morgan fingerprint density at radius 1 is 1.30 bits per heavy atom. The number of halogens is 1. The van der Waals surface area contributed by atoms with E-state index in [-0.39, 0.29) is 18.3 Å². The molecule has 1 aromatic heterocycles. The van der Waals surface area contributed by atoms with Gasteiger partial charge in [-0.3, -0.25) is 0 Å². The zero-order valence-electron chi connectivity index (χ0n) is 13.6. The molecule has 1 aromatic carbocycles. The van der Waals surface area contributed by atoms with Crippen LogP contribution in [0.1, 0.15) is 12.8 Å². The van der Waals surface area contributed by atoms with Gasteiger partial charge in [0, 0.05) is 24.4 Å². The highest BCUT2D eigenvalue weighted by Crippen LogP contribution is 2.17. The van der Waals surface area contributed by atoms with Crippen molar-refractivity contribution < 1.29 is 9.26 Å². The Labute approximate surface area is 148 Å². The molecule has 1 heterocycles. The molecule has 7 heteroatoms. The number of likely N-dealkylation sites (N-methyl/N-ethyl adjacent to an activating group) is 1. The van der Waals surface area contributed by atoms with Gasteiger partial charge in [0.2, 0.25) is 11.7 Å². The predicted octanol–water partition coefficient (Wildman–Crippen LogP) is 3.24. The Hall–Kier alpha value is -1.50. The normalized spacial score (nSPS) is 11.8. The minimum Gasteiger partial charge on any atom is -0.485 e. The fourth-order valence-corrected chi connectivity index (χ4v) is 2.03. The Morgan fingerprint density at radius 2 is 2.00 bits per heavy atom. The summed E-state index contributed by atoms with van der Waals surface area (Å²) in [7, 11) is 4.00. The van der Waals surface area contributed by atoms with Gasteiger partial charge in [-0.05, 0) is 26.3 Å². The molecule has 126 valence electrons. The first kappa shape index (κ1) is 19.5. The molecule has 0 radical (unpaired) electrons. The highest BCUT2D eigenvalue weighted by molar-refractivity contribution is 7.80. The lowest BCUT2D eigenvalue weighted by Crippen LogP contribution is -2.22. The van der Waals surface area contributed by atoms with E-state index >= 15 is 0 Å². The van der Waals surface area contributed by atoms with Crippen LogP contribution < -0.4 is 0 Å². The van der Waals surface area contributed by atoms with Gasteiger partial charge in [0.1, 0.15) is 6.61 Å². The van der Waals surface area contributed by atoms with Crippen molar-refractivity contribution in [1.82, 2.24) is 15.0 Å². The molecule has 0 fully saturated rings. The van der Waals surface area contributed by atoms with Gasteiger partial charge in [0.15, 0.2) is 5.05 Å². The van der Waals surface area contributed by atoms with Crippen molar-refractivity contribution in [2.24, 2.45) is 5.92 Å². The smallest absolute Gasteiger partial charge is 0.227 e. The van der Waals surface area contributed by atoms with E-state index in [1.807, 2.05) is 51.4 Å². The second-order valence-corrected chi connectivity index (χ2v) is 5.86. The average Bonchev–Trinajstić information content (AvgIpc) is 2.96. The zero-order valence-corrected chi connectivity index (χ0v) is 15.2. The summed E-state index contributed by atoms with van der Waals surface area (Å²) in [6.45, 7) is 3.44. The van der Waals surface area contributed by atoms with E-state index in [2.05, 4.69) is 15.0 Å². The number of thiocarbonyl (C=S) groups is 1. The van der Waals surface area contributed by atoms with E-state index in [0.717, 1.165) is 12.1 Å². The molecule has 5 nitrogen and oxygen atoms in total. The molecular weight excluding hydrogens is 334 g/mol. The van der Waals surface area contributed by atoms with Gasteiger partial charge in [-0.25, -0.2) is 0 Å². The molecule has 0 bridgehead atoms. The van der Waals surface area contributed by atoms with Crippen molar-refractivity contribution in [2.75, 3.05) is 27.2 Å². The SMILES string of the molecule is C[C@@H](Cc1nc(-c2ccccc2)no1)C(=S)OCCN(C)C.Cl. The lowest BCUT2D eigenvalue weighted by Gasteiger charge is -2.14. The van der Waals surface area contributed by atoms with Crippen molar-refractivity contribution >= 4 is 29.7 Å². The molecule has 0 amide bonds. The minimum absolute atomic E-state index is 0. The van der Waals surface area contributed by atoms with Gasteiger partial charge < -0.3 is 14.2 Å². The van der Waals surface area contributed by atoms with Crippen molar-refractivity contribution in [3.63, 3.8) is 0 Å². The fourth-order valence-electron chi connectivity index (χ4n) is 1.86. The van der Waals surface area contributed by atoms with Crippen molar-refractivity contribution in [3.8, 4) is 11.4 Å². The lowest BCUT2D eigenvalue weighted by molar-refractivity contribution is 0.242. The van der Waals surface area contributed by atoms with Gasteiger partial charge in [-0.2, -0.15) is 4.98 Å². The quantitative estimate of drug-likeness (QED) is 0.711. The summed E-state index contributed by atoms with van der Waals surface area (Å²) >= 11 is 5.30. The van der Waals surface area contributed by atoms with Crippen molar-refractivity contribution in [3.05, 3.63) is 36.2 Å². The van der Waals surface area contributed by atoms with E-state index in [0.29, 0.717) is 29.8 Å². The summed E-state index contributed by atoms with van der Waals surface area (Å²) in [6, 6.07) is 9.75. The molecule has 0 aliphatic carbocycles. The third-order valence-electron chi connectivity index (χ3n) is 3.17. The molecule has 0 saturated carbocycles. The first-order valence-electron chi connectivity index (χ1n) is 7.25. The molecule has 2 rings (SSSR count). The first-order chi connectivity index (χ1) is 10.6. The van der Waals surface area contributed by atoms with E-state index in [1.54, 1.807) is 0 Å². The van der Waals surface area contributed by atoms with Crippen LogP contribution in [0.15, 0.2) is 34.9 Å². The predicted molar refractivity (Wildman–Crippen MR) is 97.0 cm³/mol. The van der Waals surface area contributed by atoms with Crippen LogP contribution in [0.4, 0.5) is 0 Å². The highest BCUT2D eigenvalue weighted by Gasteiger charge is 2.16. The number of ether oxygens (including phenoxy) is 1. The number of rotatable bonds is 7. The average molecular weight is 356 g/mol. The molecule has 0 spiro atoms. The monoisotopic (exact) mass is 355 g/mol. The Morgan fingerprint density at radius 3 is 2.65 bits per heavy atom. The number of aromatic nitrogens is 2. The maximum absolute atomic E-state index is 5.58. The Balaban J connectivity index is 0.00000264. The number of hydrogen-bond acceptors (Lipinski definition) is 6. The fraction of sp³-hybridized carbons (Fsp3) is 0.438. The second kappa shape index (κ2) is 9.60. The molecule has 0 unspecified atom stereocenters. The summed E-state index contributed by atoms with van der Waals surface area (Å²) < 4.78 is 10.9. The van der Waals surface area contributed by atoms with E-state index in [9.17, 15) is 0 Å². The Kier molecular flexibility index (Phi) is 8.16. The zero-order chi connectivity index (χ0) is 15.9. The van der Waals surface area contributed by atoms with Crippen LogP contribution in [-0.4, -0.2) is 47.3 Å². The topological polar surface area (TPSA) is 51.4 Å². The molecule has 0 aliphatic heterocycles. The van der Waals surface area contributed by atoms with Crippen LogP contribution in [0, 0.1) is 5.92 Å². The molecule has 23 heavy (non-hydrogen) atoms. The van der Waals surface area contributed by atoms with Gasteiger partial charge in [0.25, 0.3) is 0 Å². The van der Waals surface area contributed by atoms with Crippen molar-refractivity contribution in [2.45, 2.75) is 13.3 Å². The molecular formula is C16H22ClN3O2S. The summed E-state index contributed by atoms with van der Waals surface area (Å²) in [5.41, 5.74) is 0.940. The van der Waals surface area contributed by atoms with E-state index in [4.69, 9.17) is 21.5 Å². The van der Waals surface area contributed by atoms with Gasteiger partial charge in [-0.15, -0.1) is 12.4 Å². The molecule has 1 atom stereocenters. The summed E-state index contributed by atoms with van der Waals surface area (Å²) in [6.07, 6.45) is 0.584. The van der Waals surface area contributed by atoms with Crippen LogP contribution in [0.25, 0.3) is 11.4 Å². The largest absolute Gasteiger partial charge is 0.485 e. The number of hydrogen-bond donors (Lipinski definition) is 0. The molecule has 0 saturated heterocycles. The minimum atomic E-state index is 0. The standard InChI is InChI=1S/C16H21N3O2S.ClH/c1-12(16(22)20-10-9-19(2)3)11-14-17-15(18-21-14)13-7-5-4-6-8-13;/h4-8,12H,9-11H2,1-3H3;1H/t12-;/m0./s1. The number of nitrogens with zero attached hydrogens (tertiary/aromatic N) is 3. The maximum Gasteiger partial charge on any atom is 0.227 e. The van der Waals surface area contributed by atoms with Crippen molar-refractivity contribution in [1.29, 1.82) is 0 Å². The third-order valence-corrected chi connectivity index (χ3v) is 3.69. The van der Waals surface area contributed by atoms with Gasteiger partial charge in [0.05, 0.1) is 0 Å². The van der Waals surface area contributed by atoms with Gasteiger partial charge >= 0.3 is 0 Å². The van der Waals surface area contributed by atoms with E-state index < -0.39 is 0 Å². The first-order valence-corrected chi connectivity index (χ1v) is 7.66. The molecule has 0 N–H and O–H groups in total. The summed E-state index contributed by atoms with van der Waals surface area (Å²) in [5, 5.41) is 4.59. The van der Waals surface area contributed by atoms with Crippen LogP contribution >= 0.6 is 24.6 Å². The Bertz CT molecular complexity index is 604. The number of benzene rings is 1. The highest BCUT2D eigenvalue weighted by atomic mass is 35.5. The van der Waals surface area contributed by atoms with Crippen LogP contribution in [0.2, 0.25) is 0 Å². The van der Waals surface area contributed by atoms with Gasteiger partial charge in [-0.1, -0.05) is 42.4 Å². The summed E-state index contributed by atoms with van der Waals surface area (Å²) in [5.74, 6) is 1.23. The van der Waals surface area contributed by atoms with Crippen LogP contribution in [-0.2, 0) is 11.2 Å². The van der Waals surface area contributed by atoms with Crippen LogP contribution in [0.5, 0.6) is 0 Å². The molecule has 0 aliphatic rings. The molecule has 2 aromatic rings. The third kappa shape index (κ3) is 6.25. The van der Waals surface area contributed by atoms with Crippen LogP contribution in [0.3, 0.4) is 0 Å². The lowest BCUT2D eigenvalue weighted by atomic mass is 10.1. The second-order valence-electron chi connectivity index (χ2n) is 5.45.